The number of benzene rings is 1. The van der Waals surface area contributed by atoms with E-state index in [0.717, 1.165) is 42.7 Å². The summed E-state index contributed by atoms with van der Waals surface area (Å²) in [6, 6.07) is 5.33. The number of hydrogen-bond acceptors (Lipinski definition) is 5. The summed E-state index contributed by atoms with van der Waals surface area (Å²) in [5, 5.41) is 19.9. The minimum absolute atomic E-state index is 0.199. The minimum Gasteiger partial charge on any atom is -0.478 e. The summed E-state index contributed by atoms with van der Waals surface area (Å²) in [5.41, 5.74) is 1.68. The number of fused-ring (bicyclic) bond motifs is 1. The number of anilines is 1. The van der Waals surface area contributed by atoms with Gasteiger partial charge >= 0.3 is 11.9 Å². The van der Waals surface area contributed by atoms with Crippen LogP contribution >= 0.6 is 0 Å². The van der Waals surface area contributed by atoms with Gasteiger partial charge in [0.05, 0.1) is 12.0 Å². The highest BCUT2D eigenvalue weighted by Crippen LogP contribution is 2.32. The highest BCUT2D eigenvalue weighted by atomic mass is 19.1. The summed E-state index contributed by atoms with van der Waals surface area (Å²) < 4.78 is 19.4. The summed E-state index contributed by atoms with van der Waals surface area (Å²) in [4.78, 5) is 21.4. The standard InChI is InChI=1S/C16H21FN2O.C4H4O4/c1-3-11(2)15-10-18-5-6-19(15)14-9-13(17)8-12-4-7-20-16(12)14;5-3(6)1-2-4(7)8/h4,7-9,11,15,18H,3,5-6,10H2,1-2H3;1-2H,(H,5,6)(H,7,8)/t11?,15-;/m1./s1. The molecule has 7 nitrogen and oxygen atoms in total. The fraction of sp³-hybridized carbons (Fsp3) is 0.400. The molecule has 0 aliphatic carbocycles. The molecule has 1 aliphatic heterocycles. The van der Waals surface area contributed by atoms with E-state index < -0.39 is 11.9 Å². The van der Waals surface area contributed by atoms with Crippen LogP contribution in [0.5, 0.6) is 0 Å². The van der Waals surface area contributed by atoms with Crippen molar-refractivity contribution in [3.05, 3.63) is 42.4 Å². The second kappa shape index (κ2) is 9.89. The van der Waals surface area contributed by atoms with E-state index in [0.29, 0.717) is 24.1 Å². The smallest absolute Gasteiger partial charge is 0.328 e. The van der Waals surface area contributed by atoms with Crippen LogP contribution in [-0.2, 0) is 9.59 Å². The molecule has 2 aromatic rings. The highest BCUT2D eigenvalue weighted by molar-refractivity contribution is 5.90. The van der Waals surface area contributed by atoms with E-state index in [1.165, 1.54) is 6.07 Å². The Kier molecular flexibility index (Phi) is 7.57. The quantitative estimate of drug-likeness (QED) is 0.672. The third-order valence-corrected chi connectivity index (χ3v) is 4.76. The van der Waals surface area contributed by atoms with Gasteiger partial charge in [-0.15, -0.1) is 0 Å². The number of piperazine rings is 1. The van der Waals surface area contributed by atoms with E-state index in [1.807, 2.05) is 6.07 Å². The highest BCUT2D eigenvalue weighted by Gasteiger charge is 2.28. The molecule has 0 saturated carbocycles. The number of hydrogen-bond donors (Lipinski definition) is 3. The van der Waals surface area contributed by atoms with Crippen molar-refractivity contribution in [2.24, 2.45) is 5.92 Å². The number of carboxylic acids is 2. The summed E-state index contributed by atoms with van der Waals surface area (Å²) in [6.07, 6.45) is 3.86. The lowest BCUT2D eigenvalue weighted by Crippen LogP contribution is -2.54. The molecular weight excluding hydrogens is 367 g/mol. The predicted molar refractivity (Wildman–Crippen MR) is 104 cm³/mol. The van der Waals surface area contributed by atoms with Crippen LogP contribution in [0.25, 0.3) is 11.0 Å². The summed E-state index contributed by atoms with van der Waals surface area (Å²) in [7, 11) is 0. The molecule has 2 heterocycles. The van der Waals surface area contributed by atoms with Crippen molar-refractivity contribution in [3.8, 4) is 0 Å². The SMILES string of the molecule is CCC(C)[C@H]1CNCCN1c1cc(F)cc2ccoc12.O=C(O)C=CC(=O)O. The first-order valence-electron chi connectivity index (χ1n) is 9.11. The van der Waals surface area contributed by atoms with Crippen LogP contribution in [0.3, 0.4) is 0 Å². The van der Waals surface area contributed by atoms with Gasteiger partial charge in [-0.1, -0.05) is 20.3 Å². The Bertz CT molecular complexity index is 832. The Balaban J connectivity index is 0.000000300. The fourth-order valence-corrected chi connectivity index (χ4v) is 3.19. The second-order valence-corrected chi connectivity index (χ2v) is 6.62. The first-order valence-corrected chi connectivity index (χ1v) is 9.11. The van der Waals surface area contributed by atoms with Crippen molar-refractivity contribution < 1.29 is 28.6 Å². The normalized spacial score (nSPS) is 18.0. The molecule has 0 amide bonds. The van der Waals surface area contributed by atoms with Gasteiger partial charge < -0.3 is 24.8 Å². The lowest BCUT2D eigenvalue weighted by molar-refractivity contribution is -0.134. The van der Waals surface area contributed by atoms with Crippen molar-refractivity contribution in [3.63, 3.8) is 0 Å². The maximum absolute atomic E-state index is 13.9. The van der Waals surface area contributed by atoms with Crippen molar-refractivity contribution in [2.45, 2.75) is 26.3 Å². The second-order valence-electron chi connectivity index (χ2n) is 6.62. The molecule has 1 aromatic heterocycles. The summed E-state index contributed by atoms with van der Waals surface area (Å²) in [5.74, 6) is -2.16. The van der Waals surface area contributed by atoms with Crippen LogP contribution in [0.15, 0.2) is 41.0 Å². The molecule has 0 spiro atoms. The maximum atomic E-state index is 13.9. The zero-order valence-electron chi connectivity index (χ0n) is 15.9. The lowest BCUT2D eigenvalue weighted by Gasteiger charge is -2.41. The first-order chi connectivity index (χ1) is 13.3. The van der Waals surface area contributed by atoms with E-state index in [9.17, 15) is 14.0 Å². The summed E-state index contributed by atoms with van der Waals surface area (Å²) >= 11 is 0. The Labute approximate surface area is 162 Å². The Morgan fingerprint density at radius 1 is 1.36 bits per heavy atom. The molecule has 3 N–H and O–H groups in total. The fourth-order valence-electron chi connectivity index (χ4n) is 3.19. The number of nitrogens with zero attached hydrogens (tertiary/aromatic N) is 1. The van der Waals surface area contributed by atoms with Crippen LogP contribution in [0.4, 0.5) is 10.1 Å². The van der Waals surface area contributed by atoms with E-state index in [2.05, 4.69) is 24.1 Å². The van der Waals surface area contributed by atoms with E-state index in [1.54, 1.807) is 12.3 Å². The zero-order valence-corrected chi connectivity index (χ0v) is 15.9. The van der Waals surface area contributed by atoms with Gasteiger partial charge in [0.2, 0.25) is 0 Å². The van der Waals surface area contributed by atoms with E-state index >= 15 is 0 Å². The van der Waals surface area contributed by atoms with Gasteiger partial charge in [-0.25, -0.2) is 14.0 Å². The average Bonchev–Trinajstić information content (AvgIpc) is 3.14. The molecule has 1 saturated heterocycles. The van der Waals surface area contributed by atoms with Crippen molar-refractivity contribution in [1.82, 2.24) is 5.32 Å². The lowest BCUT2D eigenvalue weighted by atomic mass is 9.95. The Hall–Kier alpha value is -2.87. The van der Waals surface area contributed by atoms with Gasteiger partial charge in [0.1, 0.15) is 5.82 Å². The van der Waals surface area contributed by atoms with Crippen molar-refractivity contribution >= 4 is 28.6 Å². The molecule has 2 atom stereocenters. The largest absolute Gasteiger partial charge is 0.478 e. The van der Waals surface area contributed by atoms with Gasteiger partial charge in [0, 0.05) is 49.3 Å². The molecule has 0 radical (unpaired) electrons. The topological polar surface area (TPSA) is 103 Å². The van der Waals surface area contributed by atoms with Crippen molar-refractivity contribution in [2.75, 3.05) is 24.5 Å². The third kappa shape index (κ3) is 5.56. The number of aliphatic carboxylic acids is 2. The number of furan rings is 1. The molecule has 1 aromatic carbocycles. The summed E-state index contributed by atoms with van der Waals surface area (Å²) in [6.45, 7) is 7.20. The van der Waals surface area contributed by atoms with Crippen LogP contribution in [-0.4, -0.2) is 47.8 Å². The Morgan fingerprint density at radius 2 is 2.04 bits per heavy atom. The van der Waals surface area contributed by atoms with Gasteiger partial charge in [0.15, 0.2) is 5.58 Å². The van der Waals surface area contributed by atoms with E-state index in [4.69, 9.17) is 14.6 Å². The minimum atomic E-state index is -1.26. The molecule has 8 heteroatoms. The molecule has 152 valence electrons. The zero-order chi connectivity index (χ0) is 20.7. The number of nitrogens with one attached hydrogen (secondary N) is 1. The predicted octanol–water partition coefficient (Wildman–Crippen LogP) is 3.11. The molecule has 1 unspecified atom stereocenters. The first kappa shape index (κ1) is 21.4. The maximum Gasteiger partial charge on any atom is 0.328 e. The average molecular weight is 392 g/mol. The molecule has 3 rings (SSSR count). The molecule has 1 fully saturated rings. The number of carbonyl (C=O) groups is 2. The number of halogens is 1. The number of rotatable bonds is 5. The van der Waals surface area contributed by atoms with Crippen LogP contribution in [0.2, 0.25) is 0 Å². The number of carboxylic acid groups (broad SMARTS) is 2. The third-order valence-electron chi connectivity index (χ3n) is 4.76. The van der Waals surface area contributed by atoms with Gasteiger partial charge in [-0.3, -0.25) is 0 Å². The molecule has 28 heavy (non-hydrogen) atoms. The van der Waals surface area contributed by atoms with Crippen LogP contribution in [0.1, 0.15) is 20.3 Å². The van der Waals surface area contributed by atoms with Crippen molar-refractivity contribution in [1.29, 1.82) is 0 Å². The monoisotopic (exact) mass is 392 g/mol. The van der Waals surface area contributed by atoms with Crippen LogP contribution < -0.4 is 10.2 Å². The van der Waals surface area contributed by atoms with Gasteiger partial charge in [-0.2, -0.15) is 0 Å². The van der Waals surface area contributed by atoms with Gasteiger partial charge in [0.25, 0.3) is 0 Å². The molecular formula is C20H25FN2O5. The van der Waals surface area contributed by atoms with Gasteiger partial charge in [-0.05, 0) is 18.1 Å². The van der Waals surface area contributed by atoms with E-state index in [-0.39, 0.29) is 5.82 Å². The Morgan fingerprint density at radius 3 is 2.64 bits per heavy atom. The van der Waals surface area contributed by atoms with Crippen LogP contribution in [0, 0.1) is 11.7 Å². The molecule has 0 bridgehead atoms. The molecule has 1 aliphatic rings.